The van der Waals surface area contributed by atoms with E-state index in [0.29, 0.717) is 11.1 Å². The fraction of sp³-hybridized carbons (Fsp3) is 0.320. The van der Waals surface area contributed by atoms with Crippen LogP contribution in [0, 0.1) is 5.92 Å². The second-order valence-electron chi connectivity index (χ2n) is 8.36. The molecule has 2 aromatic rings. The van der Waals surface area contributed by atoms with E-state index < -0.39 is 34.5 Å². The van der Waals surface area contributed by atoms with E-state index in [9.17, 15) is 40.5 Å². The van der Waals surface area contributed by atoms with E-state index in [4.69, 9.17) is 9.84 Å². The minimum absolute atomic E-state index is 0.0717. The molecule has 0 radical (unpaired) electrons. The third-order valence-corrected chi connectivity index (χ3v) is 6.30. The van der Waals surface area contributed by atoms with Crippen LogP contribution < -0.4 is 4.74 Å². The number of carboxylic acid groups (broad SMARTS) is 1. The van der Waals surface area contributed by atoms with E-state index in [0.717, 1.165) is 0 Å². The summed E-state index contributed by atoms with van der Waals surface area (Å²) in [5.74, 6) is -2.21. The van der Waals surface area contributed by atoms with Crippen LogP contribution in [0.1, 0.15) is 30.5 Å². The molecule has 8 N–H and O–H groups in total. The van der Waals surface area contributed by atoms with E-state index in [1.165, 1.54) is 46.9 Å². The van der Waals surface area contributed by atoms with Gasteiger partial charge in [-0.2, -0.15) is 0 Å². The van der Waals surface area contributed by atoms with Gasteiger partial charge in [-0.15, -0.1) is 0 Å². The number of ether oxygens (including phenoxy) is 1. The molecule has 0 bridgehead atoms. The number of aromatic hydroxyl groups is 3. The summed E-state index contributed by atoms with van der Waals surface area (Å²) in [5, 5.41) is 79.5. The maximum atomic E-state index is 11.1. The summed E-state index contributed by atoms with van der Waals surface area (Å²) < 4.78 is 3.97. The predicted molar refractivity (Wildman–Crippen MR) is 141 cm³/mol. The molecule has 5 atom stereocenters. The van der Waals surface area contributed by atoms with Crippen molar-refractivity contribution in [3.63, 3.8) is 0 Å². The van der Waals surface area contributed by atoms with Gasteiger partial charge in [-0.25, -0.2) is 0 Å². The molecule has 2 rings (SSSR count). The Morgan fingerprint density at radius 3 is 2.03 bits per heavy atom. The maximum absolute atomic E-state index is 11.1. The number of hydrogen-bond acceptors (Lipinski definition) is 9. The number of benzene rings is 2. The highest BCUT2D eigenvalue weighted by molar-refractivity contribution is 14.1. The smallest absolute Gasteiger partial charge is 0.319 e. The van der Waals surface area contributed by atoms with Crippen LogP contribution in [0.25, 0.3) is 18.2 Å². The number of allylic oxidation sites excluding steroid dienone is 1. The number of carboxylic acids is 1. The molecular weight excluding hydrogens is 587 g/mol. The highest BCUT2D eigenvalue weighted by atomic mass is 127. The number of aliphatic carboxylic acids is 1. The first-order valence-corrected chi connectivity index (χ1v) is 12.1. The van der Waals surface area contributed by atoms with Crippen molar-refractivity contribution < 1.29 is 50.4 Å². The van der Waals surface area contributed by atoms with Crippen LogP contribution in [0.2, 0.25) is 0 Å². The SMILES string of the molecule is CC(C)/C=C/c1c(O)cc(/C=C/c2ccc(O)c(O)c2)cc1O[C@H](O)[C@@H](O)C(O)[C@H](O)C(I)C(=O)O. The van der Waals surface area contributed by atoms with Crippen molar-refractivity contribution in [2.75, 3.05) is 0 Å². The standard InChI is InChI=1S/C25H29IO10/c1-12(2)3-7-15-17(28)10-14(5-4-13-6-8-16(27)18(29)9-13)11-19(15)36-25(35)23(32)22(31)21(30)20(26)24(33)34/h3-12,20-23,25,27-32,35H,1-2H3,(H,33,34)/b5-4+,7-3+/t20?,21-,22?,23+,25+/m1/s1. The lowest BCUT2D eigenvalue weighted by Gasteiger charge is -2.28. The summed E-state index contributed by atoms with van der Waals surface area (Å²) >= 11 is 1.38. The van der Waals surface area contributed by atoms with Gasteiger partial charge in [-0.05, 0) is 41.3 Å². The fourth-order valence-electron chi connectivity index (χ4n) is 3.01. The van der Waals surface area contributed by atoms with Crippen molar-refractivity contribution >= 4 is 46.8 Å². The molecule has 0 amide bonds. The zero-order valence-electron chi connectivity index (χ0n) is 19.4. The van der Waals surface area contributed by atoms with Crippen molar-refractivity contribution in [3.8, 4) is 23.0 Å². The number of aliphatic hydroxyl groups is 4. The highest BCUT2D eigenvalue weighted by Crippen LogP contribution is 2.34. The molecule has 0 aliphatic rings. The molecule has 0 spiro atoms. The number of phenols is 3. The molecule has 0 saturated heterocycles. The monoisotopic (exact) mass is 616 g/mol. The molecular formula is C25H29IO10. The van der Waals surface area contributed by atoms with Crippen LogP contribution in [0.15, 0.2) is 36.4 Å². The van der Waals surface area contributed by atoms with Crippen LogP contribution in [0.3, 0.4) is 0 Å². The van der Waals surface area contributed by atoms with Gasteiger partial charge in [0.25, 0.3) is 0 Å². The zero-order valence-corrected chi connectivity index (χ0v) is 21.6. The Labute approximate surface area is 221 Å². The Morgan fingerprint density at radius 1 is 0.833 bits per heavy atom. The van der Waals surface area contributed by atoms with Gasteiger partial charge < -0.3 is 45.6 Å². The van der Waals surface area contributed by atoms with Crippen molar-refractivity contribution in [3.05, 3.63) is 53.1 Å². The molecule has 0 saturated carbocycles. The molecule has 0 aromatic heterocycles. The molecule has 0 aliphatic heterocycles. The Kier molecular flexibility index (Phi) is 10.5. The van der Waals surface area contributed by atoms with Crippen LogP contribution in [0.4, 0.5) is 0 Å². The summed E-state index contributed by atoms with van der Waals surface area (Å²) in [6.07, 6.45) is -1.68. The third kappa shape index (κ3) is 7.83. The number of carbonyl (C=O) groups is 1. The zero-order chi connectivity index (χ0) is 27.2. The first-order chi connectivity index (χ1) is 16.8. The number of aliphatic hydroxyl groups excluding tert-OH is 4. The molecule has 11 heteroatoms. The van der Waals surface area contributed by atoms with E-state index in [-0.39, 0.29) is 34.5 Å². The van der Waals surface area contributed by atoms with Crippen molar-refractivity contribution in [1.82, 2.24) is 0 Å². The van der Waals surface area contributed by atoms with Crippen molar-refractivity contribution in [2.24, 2.45) is 5.92 Å². The van der Waals surface area contributed by atoms with Crippen molar-refractivity contribution in [1.29, 1.82) is 0 Å². The fourth-order valence-corrected chi connectivity index (χ4v) is 3.43. The van der Waals surface area contributed by atoms with E-state index in [1.54, 1.807) is 30.4 Å². The van der Waals surface area contributed by atoms with Crippen LogP contribution in [-0.4, -0.2) is 75.3 Å². The number of alkyl halides is 1. The lowest BCUT2D eigenvalue weighted by molar-refractivity contribution is -0.168. The molecule has 196 valence electrons. The molecule has 0 heterocycles. The Morgan fingerprint density at radius 2 is 1.44 bits per heavy atom. The normalized spacial score (nSPS) is 16.2. The van der Waals surface area contributed by atoms with Gasteiger partial charge in [0, 0.05) is 0 Å². The number of hydrogen-bond donors (Lipinski definition) is 8. The Balaban J connectivity index is 2.38. The Hall–Kier alpha value is -2.84. The third-order valence-electron chi connectivity index (χ3n) is 5.03. The lowest BCUT2D eigenvalue weighted by Crippen LogP contribution is -2.50. The first kappa shape index (κ1) is 29.4. The second-order valence-corrected chi connectivity index (χ2v) is 9.70. The summed E-state index contributed by atoms with van der Waals surface area (Å²) in [5.41, 5.74) is 1.11. The van der Waals surface area contributed by atoms with Gasteiger partial charge >= 0.3 is 5.97 Å². The van der Waals surface area contributed by atoms with E-state index >= 15 is 0 Å². The average Bonchev–Trinajstić information content (AvgIpc) is 2.81. The summed E-state index contributed by atoms with van der Waals surface area (Å²) in [4.78, 5) is 11.1. The largest absolute Gasteiger partial charge is 0.507 e. The molecule has 0 fully saturated rings. The molecule has 36 heavy (non-hydrogen) atoms. The van der Waals surface area contributed by atoms with Gasteiger partial charge in [0.1, 0.15) is 33.7 Å². The van der Waals surface area contributed by atoms with Crippen molar-refractivity contribution in [2.45, 2.75) is 42.4 Å². The maximum Gasteiger partial charge on any atom is 0.319 e. The van der Waals surface area contributed by atoms with Gasteiger partial charge in [-0.3, -0.25) is 4.79 Å². The van der Waals surface area contributed by atoms with Gasteiger partial charge in [0.2, 0.25) is 6.29 Å². The topological polar surface area (TPSA) is 188 Å². The van der Waals surface area contributed by atoms with Crippen LogP contribution in [0.5, 0.6) is 23.0 Å². The molecule has 2 unspecified atom stereocenters. The quantitative estimate of drug-likeness (QED) is 0.0612. The number of rotatable bonds is 11. The highest BCUT2D eigenvalue weighted by Gasteiger charge is 2.38. The predicted octanol–water partition coefficient (Wildman–Crippen LogP) is 2.31. The average molecular weight is 616 g/mol. The van der Waals surface area contributed by atoms with Crippen LogP contribution >= 0.6 is 22.6 Å². The Bertz CT molecular complexity index is 1110. The minimum atomic E-state index is -2.09. The van der Waals surface area contributed by atoms with Gasteiger partial charge in [0.05, 0.1) is 5.56 Å². The molecule has 2 aromatic carbocycles. The number of phenolic OH excluding ortho intramolecular Hbond substituents is 3. The summed E-state index contributed by atoms with van der Waals surface area (Å²) in [6, 6.07) is 7.04. The van der Waals surface area contributed by atoms with Crippen LogP contribution in [-0.2, 0) is 4.79 Å². The van der Waals surface area contributed by atoms with E-state index in [1.807, 2.05) is 13.8 Å². The first-order valence-electron chi connectivity index (χ1n) is 10.8. The number of halogens is 1. The van der Waals surface area contributed by atoms with Gasteiger partial charge in [0.15, 0.2) is 11.5 Å². The minimum Gasteiger partial charge on any atom is -0.507 e. The van der Waals surface area contributed by atoms with E-state index in [2.05, 4.69) is 0 Å². The summed E-state index contributed by atoms with van der Waals surface area (Å²) in [6.45, 7) is 3.80. The second kappa shape index (κ2) is 12.9. The molecule has 0 aliphatic carbocycles. The molecule has 10 nitrogen and oxygen atoms in total. The van der Waals surface area contributed by atoms with Gasteiger partial charge in [-0.1, -0.05) is 66.8 Å². The summed E-state index contributed by atoms with van der Waals surface area (Å²) in [7, 11) is 0. The lowest BCUT2D eigenvalue weighted by atomic mass is 10.0.